The van der Waals surface area contributed by atoms with Crippen LogP contribution in [0.25, 0.3) is 0 Å². The van der Waals surface area contributed by atoms with E-state index >= 15 is 0 Å². The summed E-state index contributed by atoms with van der Waals surface area (Å²) in [5, 5.41) is 0. The largest absolute Gasteiger partial charge is 0.422 e. The first-order chi connectivity index (χ1) is 7.22. The van der Waals surface area contributed by atoms with Crippen molar-refractivity contribution in [3.8, 4) is 0 Å². The predicted molar refractivity (Wildman–Crippen MR) is 51.4 cm³/mol. The van der Waals surface area contributed by atoms with E-state index < -0.39 is 18.2 Å². The third-order valence-corrected chi connectivity index (χ3v) is 2.18. The molecule has 4 nitrogen and oxygen atoms in total. The lowest BCUT2D eigenvalue weighted by molar-refractivity contribution is -0.0769. The van der Waals surface area contributed by atoms with Crippen LogP contribution in [-0.4, -0.2) is 18.2 Å². The SMILES string of the molecule is CCC1OC(=O)c2ccccc2C(=O)O1. The molecular weight excluding hydrogens is 196 g/mol. The summed E-state index contributed by atoms with van der Waals surface area (Å²) < 4.78 is 9.95. The molecule has 0 saturated heterocycles. The molecule has 1 heterocycles. The van der Waals surface area contributed by atoms with Crippen LogP contribution >= 0.6 is 0 Å². The number of hydrogen-bond acceptors (Lipinski definition) is 4. The molecule has 0 amide bonds. The van der Waals surface area contributed by atoms with Gasteiger partial charge in [-0.1, -0.05) is 19.1 Å². The lowest BCUT2D eigenvalue weighted by Crippen LogP contribution is -2.19. The maximum Gasteiger partial charge on any atom is 0.342 e. The number of rotatable bonds is 1. The van der Waals surface area contributed by atoms with Gasteiger partial charge in [-0.05, 0) is 12.1 Å². The fourth-order valence-electron chi connectivity index (χ4n) is 1.40. The fourth-order valence-corrected chi connectivity index (χ4v) is 1.40. The molecule has 0 spiro atoms. The zero-order valence-electron chi connectivity index (χ0n) is 8.23. The normalized spacial score (nSPS) is 16.3. The Morgan fingerprint density at radius 1 is 1.07 bits per heavy atom. The number of benzene rings is 1. The van der Waals surface area contributed by atoms with Gasteiger partial charge >= 0.3 is 11.9 Å². The first-order valence-corrected chi connectivity index (χ1v) is 4.73. The number of cyclic esters (lactones) is 2. The van der Waals surface area contributed by atoms with Crippen molar-refractivity contribution in [2.24, 2.45) is 0 Å². The molecular formula is C11H10O4. The number of esters is 2. The fraction of sp³-hybridized carbons (Fsp3) is 0.273. The topological polar surface area (TPSA) is 52.6 Å². The van der Waals surface area contributed by atoms with Gasteiger partial charge in [0.05, 0.1) is 11.1 Å². The second kappa shape index (κ2) is 3.73. The molecule has 15 heavy (non-hydrogen) atoms. The van der Waals surface area contributed by atoms with E-state index in [9.17, 15) is 9.59 Å². The van der Waals surface area contributed by atoms with E-state index in [0.29, 0.717) is 6.42 Å². The molecule has 0 unspecified atom stereocenters. The van der Waals surface area contributed by atoms with E-state index in [2.05, 4.69) is 0 Å². The van der Waals surface area contributed by atoms with Gasteiger partial charge in [-0.15, -0.1) is 0 Å². The van der Waals surface area contributed by atoms with Gasteiger partial charge in [-0.2, -0.15) is 0 Å². The van der Waals surface area contributed by atoms with Gasteiger partial charge in [0, 0.05) is 6.42 Å². The molecule has 0 atom stereocenters. The monoisotopic (exact) mass is 206 g/mol. The molecule has 1 aromatic carbocycles. The molecule has 1 aliphatic heterocycles. The van der Waals surface area contributed by atoms with Crippen molar-refractivity contribution < 1.29 is 19.1 Å². The second-order valence-corrected chi connectivity index (χ2v) is 3.19. The Balaban J connectivity index is 2.45. The minimum absolute atomic E-state index is 0.262. The summed E-state index contributed by atoms with van der Waals surface area (Å²) in [7, 11) is 0. The van der Waals surface area contributed by atoms with Gasteiger partial charge in [0.15, 0.2) is 0 Å². The van der Waals surface area contributed by atoms with E-state index in [0.717, 1.165) is 0 Å². The van der Waals surface area contributed by atoms with E-state index in [4.69, 9.17) is 9.47 Å². The molecule has 4 heteroatoms. The first-order valence-electron chi connectivity index (χ1n) is 4.73. The summed E-state index contributed by atoms with van der Waals surface area (Å²) in [6.07, 6.45) is -0.330. The Bertz CT molecular complexity index is 374. The standard InChI is InChI=1S/C11H10O4/c1-2-9-14-10(12)7-5-3-4-6-8(7)11(13)15-9/h3-6,9H,2H2,1H3. The highest BCUT2D eigenvalue weighted by Crippen LogP contribution is 2.19. The smallest absolute Gasteiger partial charge is 0.342 e. The summed E-state index contributed by atoms with van der Waals surface area (Å²) in [6, 6.07) is 6.47. The van der Waals surface area contributed by atoms with Gasteiger partial charge < -0.3 is 9.47 Å². The van der Waals surface area contributed by atoms with Gasteiger partial charge in [-0.25, -0.2) is 9.59 Å². The molecule has 1 aromatic rings. The maximum atomic E-state index is 11.6. The van der Waals surface area contributed by atoms with E-state index in [1.807, 2.05) is 0 Å². The van der Waals surface area contributed by atoms with Crippen molar-refractivity contribution in [2.75, 3.05) is 0 Å². The molecule has 0 fully saturated rings. The van der Waals surface area contributed by atoms with E-state index in [1.54, 1.807) is 31.2 Å². The number of fused-ring (bicyclic) bond motifs is 1. The highest BCUT2D eigenvalue weighted by molar-refractivity contribution is 6.04. The van der Waals surface area contributed by atoms with Gasteiger partial charge in [0.25, 0.3) is 0 Å². The summed E-state index contributed by atoms with van der Waals surface area (Å²) in [4.78, 5) is 23.1. The predicted octanol–water partition coefficient (Wildman–Crippen LogP) is 1.75. The van der Waals surface area contributed by atoms with E-state index in [1.165, 1.54) is 0 Å². The number of ether oxygens (including phenoxy) is 2. The van der Waals surface area contributed by atoms with Crippen LogP contribution < -0.4 is 0 Å². The number of hydrogen-bond donors (Lipinski definition) is 0. The highest BCUT2D eigenvalue weighted by atomic mass is 16.7. The van der Waals surface area contributed by atoms with Gasteiger partial charge in [-0.3, -0.25) is 0 Å². The third-order valence-electron chi connectivity index (χ3n) is 2.18. The van der Waals surface area contributed by atoms with Crippen molar-refractivity contribution in [1.82, 2.24) is 0 Å². The van der Waals surface area contributed by atoms with Crippen LogP contribution in [0, 0.1) is 0 Å². The average Bonchev–Trinajstić information content (AvgIpc) is 2.38. The van der Waals surface area contributed by atoms with Gasteiger partial charge in [0.1, 0.15) is 0 Å². The van der Waals surface area contributed by atoms with Crippen molar-refractivity contribution >= 4 is 11.9 Å². The molecule has 0 N–H and O–H groups in total. The van der Waals surface area contributed by atoms with Crippen molar-refractivity contribution in [1.29, 1.82) is 0 Å². The van der Waals surface area contributed by atoms with Crippen molar-refractivity contribution in [3.05, 3.63) is 35.4 Å². The summed E-state index contributed by atoms with van der Waals surface area (Å²) >= 11 is 0. The van der Waals surface area contributed by atoms with Crippen LogP contribution in [0.4, 0.5) is 0 Å². The Morgan fingerprint density at radius 2 is 1.53 bits per heavy atom. The zero-order chi connectivity index (χ0) is 10.8. The Labute approximate surface area is 86.8 Å². The Hall–Kier alpha value is -1.84. The van der Waals surface area contributed by atoms with Crippen LogP contribution in [0.5, 0.6) is 0 Å². The summed E-state index contributed by atoms with van der Waals surface area (Å²) in [5.74, 6) is -1.02. The minimum atomic E-state index is -0.780. The molecule has 0 radical (unpaired) electrons. The Morgan fingerprint density at radius 3 is 1.93 bits per heavy atom. The lowest BCUT2D eigenvalue weighted by Gasteiger charge is -2.11. The highest BCUT2D eigenvalue weighted by Gasteiger charge is 2.28. The zero-order valence-corrected chi connectivity index (χ0v) is 8.23. The quantitative estimate of drug-likeness (QED) is 0.657. The molecule has 78 valence electrons. The molecule has 1 aliphatic rings. The summed E-state index contributed by atoms with van der Waals surface area (Å²) in [6.45, 7) is 1.78. The molecule has 0 bridgehead atoms. The molecule has 0 aliphatic carbocycles. The van der Waals surface area contributed by atoms with Crippen LogP contribution in [0.3, 0.4) is 0 Å². The Kier molecular flexibility index (Phi) is 2.41. The number of carbonyl (C=O) groups is 2. The van der Waals surface area contributed by atoms with Crippen molar-refractivity contribution in [2.45, 2.75) is 19.6 Å². The minimum Gasteiger partial charge on any atom is -0.422 e. The van der Waals surface area contributed by atoms with Crippen LogP contribution in [0.15, 0.2) is 24.3 Å². The van der Waals surface area contributed by atoms with Crippen molar-refractivity contribution in [3.63, 3.8) is 0 Å². The summed E-state index contributed by atoms with van der Waals surface area (Å²) in [5.41, 5.74) is 0.525. The van der Waals surface area contributed by atoms with E-state index in [-0.39, 0.29) is 11.1 Å². The molecule has 0 aromatic heterocycles. The second-order valence-electron chi connectivity index (χ2n) is 3.19. The average molecular weight is 206 g/mol. The lowest BCUT2D eigenvalue weighted by atomic mass is 10.1. The molecule has 0 saturated carbocycles. The third kappa shape index (κ3) is 1.70. The first kappa shape index (κ1) is 9.71. The van der Waals surface area contributed by atoms with Gasteiger partial charge in [0.2, 0.25) is 6.29 Å². The number of carbonyl (C=O) groups excluding carboxylic acids is 2. The van der Waals surface area contributed by atoms with Crippen LogP contribution in [-0.2, 0) is 9.47 Å². The molecule has 2 rings (SSSR count). The van der Waals surface area contributed by atoms with Crippen LogP contribution in [0.2, 0.25) is 0 Å². The maximum absolute atomic E-state index is 11.6. The van der Waals surface area contributed by atoms with Crippen LogP contribution in [0.1, 0.15) is 34.1 Å².